The van der Waals surface area contributed by atoms with E-state index in [1.165, 1.54) is 0 Å². The fraction of sp³-hybridized carbons (Fsp3) is 0.0833. The molecule has 0 N–H and O–H groups in total. The number of aromatic nitrogens is 1. The van der Waals surface area contributed by atoms with Gasteiger partial charge in [0.25, 0.3) is 5.76 Å². The van der Waals surface area contributed by atoms with Gasteiger partial charge in [-0.25, -0.2) is 4.98 Å². The Balaban J connectivity index is 2.23. The van der Waals surface area contributed by atoms with Crippen LogP contribution in [0.15, 0.2) is 47.4 Å². The number of pyridine rings is 1. The van der Waals surface area contributed by atoms with Gasteiger partial charge in [-0.2, -0.15) is 8.78 Å². The Hall–Kier alpha value is -1.13. The highest BCUT2D eigenvalue weighted by molar-refractivity contribution is 7.99. The zero-order chi connectivity index (χ0) is 12.3. The second-order valence-electron chi connectivity index (χ2n) is 3.25. The molecule has 88 valence electrons. The van der Waals surface area contributed by atoms with E-state index in [1.54, 1.807) is 36.4 Å². The lowest BCUT2D eigenvalue weighted by molar-refractivity contribution is 0.252. The summed E-state index contributed by atoms with van der Waals surface area (Å²) < 4.78 is 24.3. The fourth-order valence-corrected chi connectivity index (χ4v) is 2.04. The van der Waals surface area contributed by atoms with Gasteiger partial charge in [0.2, 0.25) is 0 Å². The van der Waals surface area contributed by atoms with Crippen molar-refractivity contribution in [2.75, 3.05) is 0 Å². The van der Waals surface area contributed by atoms with E-state index in [2.05, 4.69) is 4.98 Å². The molecule has 17 heavy (non-hydrogen) atoms. The van der Waals surface area contributed by atoms with Crippen LogP contribution in [-0.4, -0.2) is 10.7 Å². The van der Waals surface area contributed by atoms with Crippen molar-refractivity contribution in [1.29, 1.82) is 0 Å². The summed E-state index contributed by atoms with van der Waals surface area (Å²) in [6.07, 6.45) is 0. The molecule has 0 fully saturated rings. The Morgan fingerprint density at radius 1 is 1.06 bits per heavy atom. The van der Waals surface area contributed by atoms with E-state index in [0.29, 0.717) is 21.8 Å². The van der Waals surface area contributed by atoms with Crippen LogP contribution in [0.3, 0.4) is 0 Å². The largest absolute Gasteiger partial charge is 0.288 e. The first kappa shape index (κ1) is 12.3. The van der Waals surface area contributed by atoms with Gasteiger partial charge >= 0.3 is 0 Å². The predicted molar refractivity (Wildman–Crippen MR) is 66.5 cm³/mol. The molecule has 5 heteroatoms. The van der Waals surface area contributed by atoms with Crippen LogP contribution >= 0.6 is 23.4 Å². The van der Waals surface area contributed by atoms with E-state index in [9.17, 15) is 8.78 Å². The molecular weight excluding hydrogens is 264 g/mol. The summed E-state index contributed by atoms with van der Waals surface area (Å²) in [6.45, 7) is 0. The Kier molecular flexibility index (Phi) is 3.97. The van der Waals surface area contributed by atoms with Gasteiger partial charge in [-0.05, 0) is 24.3 Å². The normalized spacial score (nSPS) is 10.8. The van der Waals surface area contributed by atoms with Gasteiger partial charge in [0, 0.05) is 10.5 Å². The molecule has 0 saturated carbocycles. The lowest BCUT2D eigenvalue weighted by Crippen LogP contribution is -1.85. The number of rotatable bonds is 3. The maximum atomic E-state index is 12.1. The number of benzene rings is 1. The standard InChI is InChI=1S/C12H8ClF2NS/c13-11-3-1-2-10(16-11)8-4-6-9(7-5-8)17-12(14)15/h1-7,12H. The summed E-state index contributed by atoms with van der Waals surface area (Å²) in [4.78, 5) is 4.68. The third-order valence-electron chi connectivity index (χ3n) is 2.09. The lowest BCUT2D eigenvalue weighted by Gasteiger charge is -2.03. The van der Waals surface area contributed by atoms with E-state index in [4.69, 9.17) is 11.6 Å². The van der Waals surface area contributed by atoms with Crippen molar-refractivity contribution in [2.45, 2.75) is 10.7 Å². The van der Waals surface area contributed by atoms with E-state index < -0.39 is 5.76 Å². The number of thioether (sulfide) groups is 1. The van der Waals surface area contributed by atoms with Gasteiger partial charge in [0.15, 0.2) is 0 Å². The van der Waals surface area contributed by atoms with Gasteiger partial charge in [-0.1, -0.05) is 41.6 Å². The Morgan fingerprint density at radius 3 is 2.35 bits per heavy atom. The summed E-state index contributed by atoms with van der Waals surface area (Å²) in [5.41, 5.74) is 1.58. The molecule has 0 aliphatic carbocycles. The molecule has 0 unspecified atom stereocenters. The summed E-state index contributed by atoms with van der Waals surface area (Å²) >= 11 is 6.31. The minimum absolute atomic E-state index is 0.411. The molecule has 0 atom stereocenters. The van der Waals surface area contributed by atoms with Crippen molar-refractivity contribution in [3.63, 3.8) is 0 Å². The maximum Gasteiger partial charge on any atom is 0.288 e. The highest BCUT2D eigenvalue weighted by Gasteiger charge is 2.05. The average Bonchev–Trinajstić information content (AvgIpc) is 2.29. The number of alkyl halides is 2. The Bertz CT molecular complexity index is 502. The molecule has 1 nitrogen and oxygen atoms in total. The third-order valence-corrected chi connectivity index (χ3v) is 3.02. The van der Waals surface area contributed by atoms with Crippen molar-refractivity contribution < 1.29 is 8.78 Å². The highest BCUT2D eigenvalue weighted by atomic mass is 35.5. The van der Waals surface area contributed by atoms with Crippen LogP contribution in [0.2, 0.25) is 5.15 Å². The van der Waals surface area contributed by atoms with Crippen molar-refractivity contribution in [1.82, 2.24) is 4.98 Å². The second kappa shape index (κ2) is 5.47. The van der Waals surface area contributed by atoms with E-state index in [-0.39, 0.29) is 0 Å². The number of hydrogen-bond acceptors (Lipinski definition) is 2. The van der Waals surface area contributed by atoms with Gasteiger partial charge in [-0.3, -0.25) is 0 Å². The molecule has 0 aliphatic rings. The van der Waals surface area contributed by atoms with E-state index in [1.807, 2.05) is 6.07 Å². The van der Waals surface area contributed by atoms with Gasteiger partial charge in [0.1, 0.15) is 5.15 Å². The molecule has 1 heterocycles. The molecule has 0 aliphatic heterocycles. The number of hydrogen-bond donors (Lipinski definition) is 0. The van der Waals surface area contributed by atoms with Crippen molar-refractivity contribution in [3.8, 4) is 11.3 Å². The first-order valence-electron chi connectivity index (χ1n) is 4.83. The monoisotopic (exact) mass is 271 g/mol. The molecule has 0 saturated heterocycles. The first-order valence-corrected chi connectivity index (χ1v) is 6.09. The van der Waals surface area contributed by atoms with Crippen molar-refractivity contribution in [2.24, 2.45) is 0 Å². The zero-order valence-electron chi connectivity index (χ0n) is 8.61. The average molecular weight is 272 g/mol. The minimum Gasteiger partial charge on any atom is -0.236 e. The lowest BCUT2D eigenvalue weighted by atomic mass is 10.1. The SMILES string of the molecule is FC(F)Sc1ccc(-c2cccc(Cl)n2)cc1. The van der Waals surface area contributed by atoms with Crippen LogP contribution in [0.5, 0.6) is 0 Å². The molecule has 0 spiro atoms. The van der Waals surface area contributed by atoms with Crippen LogP contribution in [-0.2, 0) is 0 Å². The first-order chi connectivity index (χ1) is 8.15. The molecule has 0 radical (unpaired) electrons. The second-order valence-corrected chi connectivity index (χ2v) is 4.70. The van der Waals surface area contributed by atoms with E-state index in [0.717, 1.165) is 11.3 Å². The molecule has 1 aromatic heterocycles. The Morgan fingerprint density at radius 2 is 1.76 bits per heavy atom. The summed E-state index contributed by atoms with van der Waals surface area (Å²) in [6, 6.07) is 12.1. The van der Waals surface area contributed by atoms with Crippen LogP contribution in [0.4, 0.5) is 8.78 Å². The molecular formula is C12H8ClF2NS. The fourth-order valence-electron chi connectivity index (χ4n) is 1.38. The van der Waals surface area contributed by atoms with Gasteiger partial charge in [-0.15, -0.1) is 0 Å². The number of nitrogens with zero attached hydrogens (tertiary/aromatic N) is 1. The zero-order valence-corrected chi connectivity index (χ0v) is 10.2. The highest BCUT2D eigenvalue weighted by Crippen LogP contribution is 2.27. The van der Waals surface area contributed by atoms with Crippen molar-refractivity contribution in [3.05, 3.63) is 47.6 Å². The van der Waals surface area contributed by atoms with Crippen LogP contribution < -0.4 is 0 Å². The molecule has 2 aromatic rings. The predicted octanol–water partition coefficient (Wildman–Crippen LogP) is 4.72. The summed E-state index contributed by atoms with van der Waals surface area (Å²) in [5.74, 6) is -2.40. The van der Waals surface area contributed by atoms with Crippen LogP contribution in [0.25, 0.3) is 11.3 Å². The quantitative estimate of drug-likeness (QED) is 0.592. The maximum absolute atomic E-state index is 12.1. The number of halogens is 3. The van der Waals surface area contributed by atoms with Crippen LogP contribution in [0.1, 0.15) is 0 Å². The summed E-state index contributed by atoms with van der Waals surface area (Å²) in [7, 11) is 0. The summed E-state index contributed by atoms with van der Waals surface area (Å²) in [5, 5.41) is 0.411. The van der Waals surface area contributed by atoms with E-state index >= 15 is 0 Å². The molecule has 0 amide bonds. The molecule has 0 bridgehead atoms. The van der Waals surface area contributed by atoms with Crippen LogP contribution in [0, 0.1) is 0 Å². The third kappa shape index (κ3) is 3.41. The smallest absolute Gasteiger partial charge is 0.236 e. The van der Waals surface area contributed by atoms with Gasteiger partial charge in [0.05, 0.1) is 5.69 Å². The topological polar surface area (TPSA) is 12.9 Å². The Labute approximate surface area is 107 Å². The minimum atomic E-state index is -2.40. The molecule has 2 rings (SSSR count). The van der Waals surface area contributed by atoms with Crippen molar-refractivity contribution >= 4 is 23.4 Å². The van der Waals surface area contributed by atoms with Gasteiger partial charge < -0.3 is 0 Å². The molecule has 1 aromatic carbocycles.